The van der Waals surface area contributed by atoms with E-state index in [2.05, 4.69) is 91.6 Å². The van der Waals surface area contributed by atoms with Gasteiger partial charge in [-0.15, -0.1) is 0 Å². The van der Waals surface area contributed by atoms with Gasteiger partial charge in [-0.25, -0.2) is 0 Å². The molecule has 1 heterocycles. The summed E-state index contributed by atoms with van der Waals surface area (Å²) >= 11 is 1.74. The van der Waals surface area contributed by atoms with Crippen molar-refractivity contribution in [3.05, 3.63) is 58.8 Å². The van der Waals surface area contributed by atoms with Gasteiger partial charge in [0.05, 0.1) is 6.61 Å². The van der Waals surface area contributed by atoms with Crippen LogP contribution in [0.3, 0.4) is 0 Å². The van der Waals surface area contributed by atoms with Crippen molar-refractivity contribution >= 4 is 11.3 Å². The van der Waals surface area contributed by atoms with Crippen LogP contribution in [0.25, 0.3) is 11.1 Å². The summed E-state index contributed by atoms with van der Waals surface area (Å²) in [5.74, 6) is 6.37. The summed E-state index contributed by atoms with van der Waals surface area (Å²) in [4.78, 5) is 2.42. The number of hydrogen-bond donors (Lipinski definition) is 0. The fourth-order valence-electron chi connectivity index (χ4n) is 2.91. The van der Waals surface area contributed by atoms with E-state index >= 15 is 0 Å². The lowest BCUT2D eigenvalue weighted by Crippen LogP contribution is -2.25. The van der Waals surface area contributed by atoms with E-state index < -0.39 is 0 Å². The molecule has 0 N–H and O–H groups in total. The maximum absolute atomic E-state index is 5.88. The van der Waals surface area contributed by atoms with Gasteiger partial charge in [-0.3, -0.25) is 4.90 Å². The van der Waals surface area contributed by atoms with Gasteiger partial charge in [0, 0.05) is 25.1 Å². The van der Waals surface area contributed by atoms with E-state index in [0.29, 0.717) is 0 Å². The van der Waals surface area contributed by atoms with Gasteiger partial charge in [-0.1, -0.05) is 49.1 Å². The molecule has 0 radical (unpaired) electrons. The first kappa shape index (κ1) is 23.4. The fraction of sp³-hybridized carbons (Fsp3) is 0.462. The summed E-state index contributed by atoms with van der Waals surface area (Å²) in [5.41, 5.74) is 4.00. The maximum Gasteiger partial charge on any atom is 0.0506 e. The molecule has 0 bridgehead atoms. The lowest BCUT2D eigenvalue weighted by atomic mass is 9.98. The van der Waals surface area contributed by atoms with E-state index in [4.69, 9.17) is 4.74 Å². The molecule has 0 spiro atoms. The Labute approximate surface area is 181 Å². The van der Waals surface area contributed by atoms with Gasteiger partial charge >= 0.3 is 0 Å². The average molecular weight is 410 g/mol. The number of thiophene rings is 1. The topological polar surface area (TPSA) is 12.5 Å². The zero-order valence-electron chi connectivity index (χ0n) is 18.4. The standard InChI is InChI=1S/C26H35NOS/c1-5-27(16-8-6-7-15-26(2,3)4)17-10-18-28-19-13-23-11-9-12-24(21-23)25-14-20-29-22-25/h6,8-9,11-12,14,20-22H,5,10,13,16-19H2,1-4H3/b8-6+. The van der Waals surface area contributed by atoms with Gasteiger partial charge in [0.1, 0.15) is 0 Å². The highest BCUT2D eigenvalue weighted by atomic mass is 32.1. The molecular formula is C26H35NOS. The molecule has 0 unspecified atom stereocenters. The zero-order chi connectivity index (χ0) is 21.0. The molecule has 0 saturated heterocycles. The number of nitrogens with zero attached hydrogens (tertiary/aromatic N) is 1. The predicted octanol–water partition coefficient (Wildman–Crippen LogP) is 6.29. The Hall–Kier alpha value is -1.86. The molecule has 2 nitrogen and oxygen atoms in total. The van der Waals surface area contributed by atoms with Crippen LogP contribution in [-0.2, 0) is 11.2 Å². The maximum atomic E-state index is 5.88. The van der Waals surface area contributed by atoms with Crippen LogP contribution in [0.15, 0.2) is 53.2 Å². The van der Waals surface area contributed by atoms with Crippen molar-refractivity contribution in [3.63, 3.8) is 0 Å². The number of ether oxygens (including phenoxy) is 1. The molecule has 2 aromatic rings. The molecule has 0 amide bonds. The molecule has 0 aliphatic rings. The Morgan fingerprint density at radius 2 is 2.00 bits per heavy atom. The number of rotatable bonds is 11. The van der Waals surface area contributed by atoms with Crippen LogP contribution in [0, 0.1) is 17.3 Å². The van der Waals surface area contributed by atoms with Crippen LogP contribution in [0.4, 0.5) is 0 Å². The lowest BCUT2D eigenvalue weighted by molar-refractivity contribution is 0.125. The second-order valence-electron chi connectivity index (χ2n) is 8.24. The summed E-state index contributed by atoms with van der Waals surface area (Å²) in [6, 6.07) is 11.0. The van der Waals surface area contributed by atoms with E-state index in [1.165, 1.54) is 16.7 Å². The van der Waals surface area contributed by atoms with Crippen LogP contribution in [0.1, 0.15) is 39.7 Å². The lowest BCUT2D eigenvalue weighted by Gasteiger charge is -2.18. The van der Waals surface area contributed by atoms with Crippen LogP contribution in [-0.4, -0.2) is 37.7 Å². The number of likely N-dealkylation sites (N-methyl/N-ethyl adjacent to an activating group) is 1. The third-order valence-corrected chi connectivity index (χ3v) is 5.22. The third-order valence-electron chi connectivity index (χ3n) is 4.54. The Morgan fingerprint density at radius 1 is 1.14 bits per heavy atom. The van der Waals surface area contributed by atoms with Gasteiger partial charge in [0.15, 0.2) is 0 Å². The predicted molar refractivity (Wildman–Crippen MR) is 127 cm³/mol. The quantitative estimate of drug-likeness (QED) is 0.319. The third kappa shape index (κ3) is 9.94. The summed E-state index contributed by atoms with van der Waals surface area (Å²) in [6.45, 7) is 13.2. The normalized spacial score (nSPS) is 11.8. The van der Waals surface area contributed by atoms with E-state index in [1.54, 1.807) is 11.3 Å². The molecule has 3 heteroatoms. The Balaban J connectivity index is 1.62. The highest BCUT2D eigenvalue weighted by Gasteiger charge is 2.03. The molecule has 0 fully saturated rings. The Morgan fingerprint density at radius 3 is 2.72 bits per heavy atom. The summed E-state index contributed by atoms with van der Waals surface area (Å²) < 4.78 is 5.88. The van der Waals surface area contributed by atoms with Gasteiger partial charge < -0.3 is 4.74 Å². The smallest absolute Gasteiger partial charge is 0.0506 e. The van der Waals surface area contributed by atoms with Crippen molar-refractivity contribution < 1.29 is 4.74 Å². The van der Waals surface area contributed by atoms with Crippen molar-refractivity contribution in [2.75, 3.05) is 32.8 Å². The minimum Gasteiger partial charge on any atom is -0.381 e. The van der Waals surface area contributed by atoms with Crippen molar-refractivity contribution in [3.8, 4) is 23.0 Å². The van der Waals surface area contributed by atoms with Crippen molar-refractivity contribution in [1.29, 1.82) is 0 Å². The molecule has 0 aliphatic heterocycles. The molecule has 1 aromatic heterocycles. The molecule has 0 aliphatic carbocycles. The van der Waals surface area contributed by atoms with E-state index in [0.717, 1.165) is 45.7 Å². The van der Waals surface area contributed by atoms with E-state index in [9.17, 15) is 0 Å². The molecule has 156 valence electrons. The highest BCUT2D eigenvalue weighted by molar-refractivity contribution is 7.08. The molecule has 2 rings (SSSR count). The second kappa shape index (κ2) is 12.6. The van der Waals surface area contributed by atoms with Gasteiger partial charge in [0.25, 0.3) is 0 Å². The van der Waals surface area contributed by atoms with Crippen molar-refractivity contribution in [2.45, 2.75) is 40.5 Å². The number of allylic oxidation sites excluding steroid dienone is 1. The van der Waals surface area contributed by atoms with E-state index in [-0.39, 0.29) is 5.41 Å². The summed E-state index contributed by atoms with van der Waals surface area (Å²) in [6.07, 6.45) is 6.16. The minimum absolute atomic E-state index is 0.0668. The van der Waals surface area contributed by atoms with Gasteiger partial charge in [-0.2, -0.15) is 11.3 Å². The first-order chi connectivity index (χ1) is 14.0. The molecule has 1 aromatic carbocycles. The first-order valence-electron chi connectivity index (χ1n) is 10.6. The number of benzene rings is 1. The molecular weight excluding hydrogens is 374 g/mol. The summed E-state index contributed by atoms with van der Waals surface area (Å²) in [7, 11) is 0. The van der Waals surface area contributed by atoms with Gasteiger partial charge in [0.2, 0.25) is 0 Å². The Bertz CT molecular complexity index is 790. The van der Waals surface area contributed by atoms with E-state index in [1.807, 2.05) is 6.08 Å². The largest absolute Gasteiger partial charge is 0.381 e. The molecule has 0 atom stereocenters. The Kier molecular flexibility index (Phi) is 10.2. The number of hydrogen-bond acceptors (Lipinski definition) is 3. The SMILES string of the molecule is CCN(C/C=C/C#CC(C)(C)C)CCCOCCc1cccc(-c2ccsc2)c1. The molecule has 0 saturated carbocycles. The van der Waals surface area contributed by atoms with Crippen LogP contribution in [0.5, 0.6) is 0 Å². The zero-order valence-corrected chi connectivity index (χ0v) is 19.2. The summed E-state index contributed by atoms with van der Waals surface area (Å²) in [5, 5.41) is 4.32. The molecule has 29 heavy (non-hydrogen) atoms. The van der Waals surface area contributed by atoms with Crippen LogP contribution < -0.4 is 0 Å². The monoisotopic (exact) mass is 409 g/mol. The van der Waals surface area contributed by atoms with Crippen LogP contribution >= 0.6 is 11.3 Å². The first-order valence-corrected chi connectivity index (χ1v) is 11.5. The van der Waals surface area contributed by atoms with Crippen molar-refractivity contribution in [2.24, 2.45) is 5.41 Å². The van der Waals surface area contributed by atoms with Gasteiger partial charge in [-0.05, 0) is 79.8 Å². The van der Waals surface area contributed by atoms with Crippen molar-refractivity contribution in [1.82, 2.24) is 4.90 Å². The second-order valence-corrected chi connectivity index (χ2v) is 9.02. The fourth-order valence-corrected chi connectivity index (χ4v) is 3.58. The highest BCUT2D eigenvalue weighted by Crippen LogP contribution is 2.23. The van der Waals surface area contributed by atoms with Crippen LogP contribution in [0.2, 0.25) is 0 Å². The average Bonchev–Trinajstić information content (AvgIpc) is 3.23. The minimum atomic E-state index is 0.0668.